The smallest absolute Gasteiger partial charge is 0.140 e. The Morgan fingerprint density at radius 2 is 1.94 bits per heavy atom. The lowest BCUT2D eigenvalue weighted by atomic mass is 10.1. The Morgan fingerprint density at radius 3 is 2.59 bits per heavy atom. The van der Waals surface area contributed by atoms with Gasteiger partial charge < -0.3 is 11.1 Å². The highest BCUT2D eigenvalue weighted by atomic mass is 79.9. The zero-order valence-corrected chi connectivity index (χ0v) is 10.9. The fourth-order valence-electron chi connectivity index (χ4n) is 1.62. The first-order valence-corrected chi connectivity index (χ1v) is 6.22. The van der Waals surface area contributed by atoms with E-state index in [9.17, 15) is 0 Å². The number of nitrogens with zero attached hydrogens (tertiary/aromatic N) is 1. The van der Waals surface area contributed by atoms with Gasteiger partial charge in [0.2, 0.25) is 0 Å². The number of pyridine rings is 1. The van der Waals surface area contributed by atoms with Gasteiger partial charge in [-0.25, -0.2) is 4.98 Å². The molecule has 0 aliphatic heterocycles. The highest BCUT2D eigenvalue weighted by Crippen LogP contribution is 2.23. The Kier molecular flexibility index (Phi) is 4.12. The number of aromatic nitrogens is 1. The van der Waals surface area contributed by atoms with Crippen LogP contribution < -0.4 is 11.1 Å². The first-order valence-electron chi connectivity index (χ1n) is 5.43. The van der Waals surface area contributed by atoms with Crippen molar-refractivity contribution in [3.05, 3.63) is 58.7 Å². The molecular formula is C13H14BrN3. The first kappa shape index (κ1) is 12.1. The number of anilines is 1. The summed E-state index contributed by atoms with van der Waals surface area (Å²) in [6, 6.07) is 14.0. The van der Waals surface area contributed by atoms with Gasteiger partial charge in [0.25, 0.3) is 0 Å². The van der Waals surface area contributed by atoms with E-state index in [0.717, 1.165) is 15.9 Å². The molecule has 0 spiro atoms. The second kappa shape index (κ2) is 5.80. The molecule has 0 aliphatic rings. The van der Waals surface area contributed by atoms with E-state index in [1.165, 1.54) is 0 Å². The average Bonchev–Trinajstić information content (AvgIpc) is 2.39. The minimum atomic E-state index is 0.0717. The van der Waals surface area contributed by atoms with Crippen molar-refractivity contribution in [3.8, 4) is 0 Å². The molecule has 0 bridgehead atoms. The third-order valence-corrected chi connectivity index (χ3v) is 3.15. The van der Waals surface area contributed by atoms with Crippen molar-refractivity contribution in [1.82, 2.24) is 4.98 Å². The van der Waals surface area contributed by atoms with Crippen molar-refractivity contribution in [2.24, 2.45) is 5.73 Å². The minimum Gasteiger partial charge on any atom is -0.361 e. The Balaban J connectivity index is 2.19. The number of halogens is 1. The van der Waals surface area contributed by atoms with Crippen molar-refractivity contribution >= 4 is 21.7 Å². The molecule has 4 heteroatoms. The molecule has 1 aromatic carbocycles. The second-order valence-corrected chi connectivity index (χ2v) is 4.53. The number of hydrogen-bond acceptors (Lipinski definition) is 3. The van der Waals surface area contributed by atoms with Crippen LogP contribution in [0.5, 0.6) is 0 Å². The first-order chi connectivity index (χ1) is 8.31. The van der Waals surface area contributed by atoms with Crippen LogP contribution in [0.2, 0.25) is 0 Å². The number of benzene rings is 1. The van der Waals surface area contributed by atoms with Crippen LogP contribution in [0.1, 0.15) is 11.6 Å². The topological polar surface area (TPSA) is 50.9 Å². The Bertz CT molecular complexity index is 473. The fraction of sp³-hybridized carbons (Fsp3) is 0.154. The summed E-state index contributed by atoms with van der Waals surface area (Å²) in [7, 11) is 0. The Labute approximate surface area is 109 Å². The van der Waals surface area contributed by atoms with E-state index in [0.29, 0.717) is 6.54 Å². The van der Waals surface area contributed by atoms with E-state index in [4.69, 9.17) is 5.73 Å². The molecule has 0 saturated heterocycles. The molecule has 1 unspecified atom stereocenters. The van der Waals surface area contributed by atoms with Crippen molar-refractivity contribution < 1.29 is 0 Å². The maximum Gasteiger partial charge on any atom is 0.140 e. The third-order valence-electron chi connectivity index (χ3n) is 2.51. The van der Waals surface area contributed by atoms with E-state index in [-0.39, 0.29) is 6.04 Å². The van der Waals surface area contributed by atoms with E-state index < -0.39 is 0 Å². The monoisotopic (exact) mass is 291 g/mol. The van der Waals surface area contributed by atoms with Gasteiger partial charge in [-0.2, -0.15) is 0 Å². The molecule has 1 aromatic heterocycles. The van der Waals surface area contributed by atoms with Crippen LogP contribution >= 0.6 is 15.9 Å². The van der Waals surface area contributed by atoms with Crippen LogP contribution in [0.25, 0.3) is 0 Å². The molecular weight excluding hydrogens is 278 g/mol. The van der Waals surface area contributed by atoms with Gasteiger partial charge in [0, 0.05) is 12.7 Å². The second-order valence-electron chi connectivity index (χ2n) is 3.68. The van der Waals surface area contributed by atoms with Crippen molar-refractivity contribution in [3.63, 3.8) is 0 Å². The van der Waals surface area contributed by atoms with Gasteiger partial charge in [-0.1, -0.05) is 30.3 Å². The van der Waals surface area contributed by atoms with Crippen molar-refractivity contribution in [2.75, 3.05) is 11.9 Å². The van der Waals surface area contributed by atoms with Gasteiger partial charge in [0.1, 0.15) is 5.82 Å². The quantitative estimate of drug-likeness (QED) is 0.911. The summed E-state index contributed by atoms with van der Waals surface area (Å²) in [5.41, 5.74) is 6.96. The zero-order chi connectivity index (χ0) is 12.1. The molecule has 1 heterocycles. The van der Waals surface area contributed by atoms with E-state index in [1.54, 1.807) is 6.20 Å². The van der Waals surface area contributed by atoms with Crippen LogP contribution in [0.4, 0.5) is 5.82 Å². The van der Waals surface area contributed by atoms with Crippen LogP contribution in [-0.2, 0) is 0 Å². The van der Waals surface area contributed by atoms with Gasteiger partial charge in [-0.3, -0.25) is 0 Å². The summed E-state index contributed by atoms with van der Waals surface area (Å²) in [6.07, 6.45) is 1.76. The maximum absolute atomic E-state index is 5.80. The summed E-state index contributed by atoms with van der Waals surface area (Å²) in [4.78, 5) is 4.28. The number of hydrogen-bond donors (Lipinski definition) is 2. The molecule has 17 heavy (non-hydrogen) atoms. The zero-order valence-electron chi connectivity index (χ0n) is 9.31. The maximum atomic E-state index is 5.80. The highest BCUT2D eigenvalue weighted by molar-refractivity contribution is 9.10. The summed E-state index contributed by atoms with van der Waals surface area (Å²) < 4.78 is 0.939. The normalized spacial score (nSPS) is 12.1. The standard InChI is InChI=1S/C13H14BrN3/c14-11-7-4-8-16-13(11)17-12(9-15)10-5-2-1-3-6-10/h1-8,12H,9,15H2,(H,16,17). The number of nitrogens with one attached hydrogen (secondary N) is 1. The predicted octanol–water partition coefficient (Wildman–Crippen LogP) is 2.96. The van der Waals surface area contributed by atoms with Crippen LogP contribution in [0, 0.1) is 0 Å². The molecule has 2 rings (SSSR count). The highest BCUT2D eigenvalue weighted by Gasteiger charge is 2.10. The summed E-state index contributed by atoms with van der Waals surface area (Å²) in [5, 5.41) is 3.33. The van der Waals surface area contributed by atoms with E-state index in [1.807, 2.05) is 30.3 Å². The lowest BCUT2D eigenvalue weighted by Gasteiger charge is -2.18. The molecule has 88 valence electrons. The summed E-state index contributed by atoms with van der Waals surface area (Å²) in [6.45, 7) is 0.521. The van der Waals surface area contributed by atoms with Crippen molar-refractivity contribution in [2.45, 2.75) is 6.04 Å². The van der Waals surface area contributed by atoms with Gasteiger partial charge in [0.15, 0.2) is 0 Å². The molecule has 0 amide bonds. The molecule has 1 atom stereocenters. The fourth-order valence-corrected chi connectivity index (χ4v) is 1.99. The minimum absolute atomic E-state index is 0.0717. The predicted molar refractivity (Wildman–Crippen MR) is 73.8 cm³/mol. The Hall–Kier alpha value is -1.39. The average molecular weight is 292 g/mol. The van der Waals surface area contributed by atoms with Crippen LogP contribution in [-0.4, -0.2) is 11.5 Å². The largest absolute Gasteiger partial charge is 0.361 e. The summed E-state index contributed by atoms with van der Waals surface area (Å²) in [5.74, 6) is 0.812. The lowest BCUT2D eigenvalue weighted by Crippen LogP contribution is -2.21. The van der Waals surface area contributed by atoms with Gasteiger partial charge in [0.05, 0.1) is 10.5 Å². The SMILES string of the molecule is NCC(Nc1ncccc1Br)c1ccccc1. The third kappa shape index (κ3) is 3.05. The van der Waals surface area contributed by atoms with E-state index >= 15 is 0 Å². The van der Waals surface area contributed by atoms with Crippen molar-refractivity contribution in [1.29, 1.82) is 0 Å². The molecule has 0 radical (unpaired) electrons. The molecule has 0 fully saturated rings. The van der Waals surface area contributed by atoms with Gasteiger partial charge >= 0.3 is 0 Å². The molecule has 0 saturated carbocycles. The Morgan fingerprint density at radius 1 is 1.18 bits per heavy atom. The molecule has 2 aromatic rings. The van der Waals surface area contributed by atoms with E-state index in [2.05, 4.69) is 38.4 Å². The van der Waals surface area contributed by atoms with Gasteiger partial charge in [-0.05, 0) is 33.6 Å². The molecule has 0 aliphatic carbocycles. The number of nitrogens with two attached hydrogens (primary N) is 1. The molecule has 3 nitrogen and oxygen atoms in total. The van der Waals surface area contributed by atoms with Gasteiger partial charge in [-0.15, -0.1) is 0 Å². The lowest BCUT2D eigenvalue weighted by molar-refractivity contribution is 0.783. The van der Waals surface area contributed by atoms with Crippen LogP contribution in [0.15, 0.2) is 53.1 Å². The number of rotatable bonds is 4. The summed E-state index contributed by atoms with van der Waals surface area (Å²) >= 11 is 3.46. The molecule has 3 N–H and O–H groups in total. The van der Waals surface area contributed by atoms with Crippen LogP contribution in [0.3, 0.4) is 0 Å².